The van der Waals surface area contributed by atoms with Crippen molar-refractivity contribution in [3.05, 3.63) is 52.0 Å². The number of benzene rings is 1. The molecule has 1 atom stereocenters. The highest BCUT2D eigenvalue weighted by Gasteiger charge is 2.30. The average molecular weight is 376 g/mol. The van der Waals surface area contributed by atoms with E-state index in [9.17, 15) is 19.7 Å². The zero-order valence-electron chi connectivity index (χ0n) is 15.2. The van der Waals surface area contributed by atoms with Crippen LogP contribution in [0.15, 0.2) is 30.5 Å². The van der Waals surface area contributed by atoms with Crippen molar-refractivity contribution in [1.82, 2.24) is 14.9 Å². The molecule has 1 unspecified atom stereocenters. The quantitative estimate of drug-likeness (QED) is 0.423. The Morgan fingerprint density at radius 2 is 2.00 bits per heavy atom. The fourth-order valence-corrected chi connectivity index (χ4v) is 2.32. The maximum atomic E-state index is 12.4. The Morgan fingerprint density at radius 1 is 1.33 bits per heavy atom. The van der Waals surface area contributed by atoms with Crippen LogP contribution in [-0.2, 0) is 16.1 Å². The first-order chi connectivity index (χ1) is 12.9. The number of hydrogen-bond donors (Lipinski definition) is 1. The number of methoxy groups -OCH3 is 1. The smallest absolute Gasteiger partial charge is 0.401 e. The minimum absolute atomic E-state index is 0.0809. The number of nitrogens with zero attached hydrogens (tertiary/aromatic N) is 3. The maximum absolute atomic E-state index is 12.4. The Bertz CT molecular complexity index is 830. The van der Waals surface area contributed by atoms with Gasteiger partial charge in [-0.1, -0.05) is 12.1 Å². The van der Waals surface area contributed by atoms with E-state index in [0.29, 0.717) is 5.75 Å². The third-order valence-electron chi connectivity index (χ3n) is 3.79. The molecule has 1 amide bonds. The highest BCUT2D eigenvalue weighted by atomic mass is 16.6. The van der Waals surface area contributed by atoms with E-state index < -0.39 is 28.7 Å². The number of nitrogens with one attached hydrogen (secondary N) is 1. The molecule has 27 heavy (non-hydrogen) atoms. The van der Waals surface area contributed by atoms with Gasteiger partial charge in [0.2, 0.25) is 5.91 Å². The van der Waals surface area contributed by atoms with E-state index >= 15 is 0 Å². The van der Waals surface area contributed by atoms with Gasteiger partial charge >= 0.3 is 17.6 Å². The standard InChI is InChI=1S/C17H20N4O6/c1-4-27-17(23)15-19-14(21(24)25)10-20(15)11(2)16(22)18-9-12-5-7-13(26-3)8-6-12/h5-8,10-11H,4,9H2,1-3H3,(H,18,22). The molecule has 1 aromatic carbocycles. The highest BCUT2D eigenvalue weighted by Crippen LogP contribution is 2.18. The summed E-state index contributed by atoms with van der Waals surface area (Å²) >= 11 is 0. The molecular weight excluding hydrogens is 356 g/mol. The van der Waals surface area contributed by atoms with Crippen molar-refractivity contribution >= 4 is 17.7 Å². The molecule has 1 N–H and O–H groups in total. The number of carbonyl (C=O) groups excluding carboxylic acids is 2. The molecule has 10 nitrogen and oxygen atoms in total. The lowest BCUT2D eigenvalue weighted by atomic mass is 10.2. The molecule has 10 heteroatoms. The molecule has 2 aromatic rings. The third kappa shape index (κ3) is 4.81. The SMILES string of the molecule is CCOC(=O)c1nc([N+](=O)[O-])cn1C(C)C(=O)NCc1ccc(OC)cc1. The summed E-state index contributed by atoms with van der Waals surface area (Å²) in [4.78, 5) is 38.3. The van der Waals surface area contributed by atoms with Gasteiger partial charge in [0.1, 0.15) is 18.0 Å². The van der Waals surface area contributed by atoms with Gasteiger partial charge in [0.15, 0.2) is 0 Å². The highest BCUT2D eigenvalue weighted by molar-refractivity contribution is 5.88. The molecule has 2 rings (SSSR count). The fourth-order valence-electron chi connectivity index (χ4n) is 2.32. The van der Waals surface area contributed by atoms with Crippen LogP contribution in [0.1, 0.15) is 36.1 Å². The van der Waals surface area contributed by atoms with Crippen LogP contribution < -0.4 is 10.1 Å². The monoisotopic (exact) mass is 376 g/mol. The summed E-state index contributed by atoms with van der Waals surface area (Å²) in [7, 11) is 1.56. The second-order valence-electron chi connectivity index (χ2n) is 5.55. The number of nitro groups is 1. The summed E-state index contributed by atoms with van der Waals surface area (Å²) in [5.41, 5.74) is 0.846. The second-order valence-corrected chi connectivity index (χ2v) is 5.55. The van der Waals surface area contributed by atoms with Crippen LogP contribution >= 0.6 is 0 Å². The van der Waals surface area contributed by atoms with Crippen molar-refractivity contribution in [2.24, 2.45) is 0 Å². The molecule has 0 aliphatic carbocycles. The first kappa shape index (κ1) is 19.9. The van der Waals surface area contributed by atoms with Gasteiger partial charge in [0.25, 0.3) is 0 Å². The minimum Gasteiger partial charge on any atom is -0.497 e. The van der Waals surface area contributed by atoms with Crippen LogP contribution in [0.4, 0.5) is 5.82 Å². The summed E-state index contributed by atoms with van der Waals surface area (Å²) in [5, 5.41) is 13.7. The van der Waals surface area contributed by atoms with Gasteiger partial charge in [-0.05, 0) is 41.5 Å². The Hall–Kier alpha value is -3.43. The summed E-state index contributed by atoms with van der Waals surface area (Å²) in [6.07, 6.45) is 1.05. The number of ether oxygens (including phenoxy) is 2. The number of esters is 1. The van der Waals surface area contributed by atoms with E-state index in [0.717, 1.165) is 16.3 Å². The van der Waals surface area contributed by atoms with Gasteiger partial charge in [0.05, 0.1) is 13.7 Å². The van der Waals surface area contributed by atoms with Crippen LogP contribution in [0.5, 0.6) is 5.75 Å². The molecule has 0 aliphatic heterocycles. The van der Waals surface area contributed by atoms with E-state index in [4.69, 9.17) is 9.47 Å². The van der Waals surface area contributed by atoms with E-state index in [-0.39, 0.29) is 19.0 Å². The number of carbonyl (C=O) groups is 2. The Labute approximate surface area is 155 Å². The predicted molar refractivity (Wildman–Crippen MR) is 94.4 cm³/mol. The fraction of sp³-hybridized carbons (Fsp3) is 0.353. The topological polar surface area (TPSA) is 126 Å². The van der Waals surface area contributed by atoms with Gasteiger partial charge in [0, 0.05) is 6.54 Å². The molecule has 0 bridgehead atoms. The minimum atomic E-state index is -0.899. The van der Waals surface area contributed by atoms with Crippen molar-refractivity contribution in [3.63, 3.8) is 0 Å². The zero-order chi connectivity index (χ0) is 20.0. The Morgan fingerprint density at radius 3 is 2.56 bits per heavy atom. The molecule has 0 spiro atoms. The zero-order valence-corrected chi connectivity index (χ0v) is 15.2. The van der Waals surface area contributed by atoms with Crippen LogP contribution in [0.2, 0.25) is 0 Å². The summed E-state index contributed by atoms with van der Waals surface area (Å²) in [6, 6.07) is 6.24. The van der Waals surface area contributed by atoms with Crippen molar-refractivity contribution in [2.75, 3.05) is 13.7 Å². The van der Waals surface area contributed by atoms with E-state index in [2.05, 4.69) is 10.3 Å². The summed E-state index contributed by atoms with van der Waals surface area (Å²) in [6.45, 7) is 3.44. The van der Waals surface area contributed by atoms with Crippen molar-refractivity contribution in [3.8, 4) is 5.75 Å². The lowest BCUT2D eigenvalue weighted by Gasteiger charge is -2.14. The number of aromatic nitrogens is 2. The Balaban J connectivity index is 2.14. The molecule has 0 saturated carbocycles. The first-order valence-corrected chi connectivity index (χ1v) is 8.18. The van der Waals surface area contributed by atoms with Gasteiger partial charge in [-0.25, -0.2) is 4.79 Å². The molecule has 144 valence electrons. The number of imidazole rings is 1. The largest absolute Gasteiger partial charge is 0.497 e. The second kappa shape index (κ2) is 8.79. The lowest BCUT2D eigenvalue weighted by Crippen LogP contribution is -2.32. The number of amides is 1. The van der Waals surface area contributed by atoms with Gasteiger partial charge in [-0.3, -0.25) is 9.36 Å². The van der Waals surface area contributed by atoms with Crippen LogP contribution in [0.25, 0.3) is 0 Å². The third-order valence-corrected chi connectivity index (χ3v) is 3.79. The van der Waals surface area contributed by atoms with E-state index in [1.54, 1.807) is 38.3 Å². The molecule has 0 radical (unpaired) electrons. The van der Waals surface area contributed by atoms with Crippen molar-refractivity contribution < 1.29 is 24.0 Å². The molecule has 0 aliphatic rings. The molecule has 1 aromatic heterocycles. The lowest BCUT2D eigenvalue weighted by molar-refractivity contribution is -0.389. The van der Waals surface area contributed by atoms with E-state index in [1.165, 1.54) is 6.92 Å². The van der Waals surface area contributed by atoms with E-state index in [1.807, 2.05) is 0 Å². The summed E-state index contributed by atoms with van der Waals surface area (Å²) in [5.74, 6) is -1.39. The summed E-state index contributed by atoms with van der Waals surface area (Å²) < 4.78 is 11.1. The molecule has 1 heterocycles. The normalized spacial score (nSPS) is 11.5. The Kier molecular flexibility index (Phi) is 6.47. The molecule has 0 saturated heterocycles. The molecular formula is C17H20N4O6. The van der Waals surface area contributed by atoms with Crippen LogP contribution in [0, 0.1) is 10.1 Å². The maximum Gasteiger partial charge on any atom is 0.401 e. The molecule has 0 fully saturated rings. The predicted octanol–water partition coefficient (Wildman–Crippen LogP) is 1.85. The van der Waals surface area contributed by atoms with Gasteiger partial charge in [-0.15, -0.1) is 0 Å². The van der Waals surface area contributed by atoms with Crippen molar-refractivity contribution in [2.45, 2.75) is 26.4 Å². The van der Waals surface area contributed by atoms with Crippen LogP contribution in [-0.4, -0.2) is 40.1 Å². The van der Waals surface area contributed by atoms with Gasteiger partial charge in [-0.2, -0.15) is 0 Å². The van der Waals surface area contributed by atoms with Crippen LogP contribution in [0.3, 0.4) is 0 Å². The van der Waals surface area contributed by atoms with Crippen molar-refractivity contribution in [1.29, 1.82) is 0 Å². The number of hydrogen-bond acceptors (Lipinski definition) is 7. The first-order valence-electron chi connectivity index (χ1n) is 8.18. The average Bonchev–Trinajstić information content (AvgIpc) is 3.12. The van der Waals surface area contributed by atoms with Gasteiger partial charge < -0.3 is 24.9 Å². The number of rotatable bonds is 8.